The van der Waals surface area contributed by atoms with Crippen LogP contribution in [0.4, 0.5) is 20.2 Å². The summed E-state index contributed by atoms with van der Waals surface area (Å²) in [6.07, 6.45) is 9.40. The first-order chi connectivity index (χ1) is 23.3. The van der Waals surface area contributed by atoms with Crippen molar-refractivity contribution in [3.63, 3.8) is 0 Å². The first-order valence-electron chi connectivity index (χ1n) is 17.1. The van der Waals surface area contributed by atoms with Crippen LogP contribution in [0.15, 0.2) is 109 Å². The normalized spacial score (nSPS) is 14.5. The van der Waals surface area contributed by atoms with Gasteiger partial charge in [0.15, 0.2) is 23.1 Å². The lowest BCUT2D eigenvalue weighted by molar-refractivity contribution is 0.312. The minimum absolute atomic E-state index is 0.126. The van der Waals surface area contributed by atoms with E-state index in [1.54, 1.807) is 72.8 Å². The van der Waals surface area contributed by atoms with Crippen molar-refractivity contribution in [2.24, 2.45) is 0 Å². The Morgan fingerprint density at radius 3 is 1.58 bits per heavy atom. The van der Waals surface area contributed by atoms with Crippen molar-refractivity contribution in [2.45, 2.75) is 76.0 Å². The highest BCUT2D eigenvalue weighted by Gasteiger charge is 2.40. The van der Waals surface area contributed by atoms with E-state index in [1.165, 1.54) is 36.8 Å². The lowest BCUT2D eigenvalue weighted by atomic mass is 9.62. The van der Waals surface area contributed by atoms with Gasteiger partial charge in [-0.25, -0.2) is 8.78 Å². The van der Waals surface area contributed by atoms with E-state index in [9.17, 15) is 0 Å². The number of anilines is 2. The first kappa shape index (κ1) is 33.1. The summed E-state index contributed by atoms with van der Waals surface area (Å²) in [4.78, 5) is 0. The topological polar surface area (TPSA) is 70.5 Å². The molecular weight excluding hydrogens is 602 g/mol. The fourth-order valence-electron chi connectivity index (χ4n) is 6.99. The molecule has 0 radical (unpaired) electrons. The standard InChI is InChI=1S/C42H44F2N2O2/c1-2-3-4-5-6-29-7-9-30(10-8-29)31-23-25-42(26-24-31,32-11-21-40(38(43)27-32)47-36-17-13-34(45)14-18-36)33-12-22-41(39(44)28-33)48-37-19-15-35(46)16-20-37/h7-22,27-28,31H,2-6,23-26,45-46H2,1H3. The van der Waals surface area contributed by atoms with E-state index in [2.05, 4.69) is 31.2 Å². The van der Waals surface area contributed by atoms with Crippen LogP contribution in [0, 0.1) is 11.6 Å². The fourth-order valence-corrected chi connectivity index (χ4v) is 6.99. The second-order valence-corrected chi connectivity index (χ2v) is 13.0. The molecule has 1 saturated carbocycles. The Hall–Kier alpha value is -4.84. The smallest absolute Gasteiger partial charge is 0.166 e. The van der Waals surface area contributed by atoms with Crippen LogP contribution in [0.3, 0.4) is 0 Å². The van der Waals surface area contributed by atoms with Crippen LogP contribution < -0.4 is 20.9 Å². The fraction of sp³-hybridized carbons (Fsp3) is 0.286. The second kappa shape index (κ2) is 14.9. The molecule has 5 aromatic rings. The maximum Gasteiger partial charge on any atom is 0.166 e. The monoisotopic (exact) mass is 646 g/mol. The summed E-state index contributed by atoms with van der Waals surface area (Å²) in [6, 6.07) is 33.1. The number of unbranched alkanes of at least 4 members (excludes halogenated alkanes) is 3. The minimum Gasteiger partial charge on any atom is -0.454 e. The number of halogens is 2. The van der Waals surface area contributed by atoms with Crippen LogP contribution in [0.2, 0.25) is 0 Å². The van der Waals surface area contributed by atoms with Gasteiger partial charge in [-0.05, 0) is 139 Å². The predicted octanol–water partition coefficient (Wildman–Crippen LogP) is 11.5. The summed E-state index contributed by atoms with van der Waals surface area (Å²) in [6.45, 7) is 2.24. The first-order valence-corrected chi connectivity index (χ1v) is 17.1. The SMILES string of the molecule is CCCCCCc1ccc(C2CCC(c3ccc(Oc4ccc(N)cc4)c(F)c3)(c3ccc(Oc4ccc(N)cc4)c(F)c3)CC2)cc1. The predicted molar refractivity (Wildman–Crippen MR) is 191 cm³/mol. The Labute approximate surface area is 282 Å². The van der Waals surface area contributed by atoms with Crippen molar-refractivity contribution in [1.82, 2.24) is 0 Å². The molecule has 5 aromatic carbocycles. The molecule has 248 valence electrons. The Kier molecular flexibility index (Phi) is 10.3. The molecule has 0 aliphatic heterocycles. The molecular formula is C42H44F2N2O2. The quantitative estimate of drug-likeness (QED) is 0.105. The average molecular weight is 647 g/mol. The average Bonchev–Trinajstić information content (AvgIpc) is 3.11. The molecule has 4 nitrogen and oxygen atoms in total. The molecule has 0 spiro atoms. The number of benzene rings is 5. The third-order valence-corrected chi connectivity index (χ3v) is 9.79. The van der Waals surface area contributed by atoms with E-state index in [-0.39, 0.29) is 11.5 Å². The maximum atomic E-state index is 15.7. The van der Waals surface area contributed by atoms with Crippen LogP contribution in [0.25, 0.3) is 0 Å². The number of ether oxygens (including phenoxy) is 2. The molecule has 0 aromatic heterocycles. The third kappa shape index (κ3) is 7.65. The van der Waals surface area contributed by atoms with Crippen LogP contribution >= 0.6 is 0 Å². The van der Waals surface area contributed by atoms with Gasteiger partial charge < -0.3 is 20.9 Å². The van der Waals surface area contributed by atoms with Gasteiger partial charge in [-0.1, -0.05) is 62.6 Å². The van der Waals surface area contributed by atoms with Crippen LogP contribution in [-0.2, 0) is 11.8 Å². The van der Waals surface area contributed by atoms with E-state index in [4.69, 9.17) is 20.9 Å². The van der Waals surface area contributed by atoms with Crippen LogP contribution in [0.5, 0.6) is 23.0 Å². The number of nitrogen functional groups attached to an aromatic ring is 2. The third-order valence-electron chi connectivity index (χ3n) is 9.79. The molecule has 0 bridgehead atoms. The van der Waals surface area contributed by atoms with E-state index in [1.807, 2.05) is 12.1 Å². The van der Waals surface area contributed by atoms with Gasteiger partial charge in [0.05, 0.1) is 0 Å². The minimum atomic E-state index is -0.586. The number of nitrogens with two attached hydrogens (primary N) is 2. The zero-order valence-corrected chi connectivity index (χ0v) is 27.6. The molecule has 1 aliphatic rings. The van der Waals surface area contributed by atoms with Crippen molar-refractivity contribution >= 4 is 11.4 Å². The summed E-state index contributed by atoms with van der Waals surface area (Å²) < 4.78 is 43.2. The van der Waals surface area contributed by atoms with Crippen molar-refractivity contribution < 1.29 is 18.3 Å². The molecule has 0 amide bonds. The Balaban J connectivity index is 1.26. The van der Waals surface area contributed by atoms with Crippen LogP contribution in [-0.4, -0.2) is 0 Å². The highest BCUT2D eigenvalue weighted by molar-refractivity contribution is 5.48. The lowest BCUT2D eigenvalue weighted by Crippen LogP contribution is -2.33. The summed E-state index contributed by atoms with van der Waals surface area (Å²) in [5.74, 6) is 0.686. The molecule has 4 N–H and O–H groups in total. The number of aryl methyl sites for hydroxylation is 1. The molecule has 1 aliphatic carbocycles. The molecule has 6 heteroatoms. The lowest BCUT2D eigenvalue weighted by Gasteiger charge is -2.42. The molecule has 0 saturated heterocycles. The van der Waals surface area contributed by atoms with Crippen molar-refractivity contribution in [1.29, 1.82) is 0 Å². The molecule has 0 unspecified atom stereocenters. The van der Waals surface area contributed by atoms with E-state index in [0.29, 0.717) is 28.8 Å². The number of hydrogen-bond acceptors (Lipinski definition) is 4. The van der Waals surface area contributed by atoms with Crippen molar-refractivity contribution in [3.05, 3.63) is 143 Å². The van der Waals surface area contributed by atoms with Gasteiger partial charge in [-0.3, -0.25) is 0 Å². The summed E-state index contributed by atoms with van der Waals surface area (Å²) in [7, 11) is 0. The van der Waals surface area contributed by atoms with Gasteiger partial charge in [0, 0.05) is 16.8 Å². The van der Waals surface area contributed by atoms with Gasteiger partial charge in [0.25, 0.3) is 0 Å². The van der Waals surface area contributed by atoms with Crippen LogP contribution in [0.1, 0.15) is 86.5 Å². The van der Waals surface area contributed by atoms with Crippen molar-refractivity contribution in [2.75, 3.05) is 11.5 Å². The Morgan fingerprint density at radius 1 is 0.625 bits per heavy atom. The summed E-state index contributed by atoms with van der Waals surface area (Å²) in [5, 5.41) is 0. The summed E-state index contributed by atoms with van der Waals surface area (Å²) in [5.41, 5.74) is 16.5. The van der Waals surface area contributed by atoms with Crippen molar-refractivity contribution in [3.8, 4) is 23.0 Å². The van der Waals surface area contributed by atoms with Gasteiger partial charge in [0.2, 0.25) is 0 Å². The molecule has 0 heterocycles. The van der Waals surface area contributed by atoms with Gasteiger partial charge in [-0.2, -0.15) is 0 Å². The van der Waals surface area contributed by atoms with E-state index in [0.717, 1.165) is 43.2 Å². The number of rotatable bonds is 12. The number of hydrogen-bond donors (Lipinski definition) is 2. The van der Waals surface area contributed by atoms with E-state index < -0.39 is 17.0 Å². The second-order valence-electron chi connectivity index (χ2n) is 13.0. The highest BCUT2D eigenvalue weighted by Crippen LogP contribution is 2.50. The summed E-state index contributed by atoms with van der Waals surface area (Å²) >= 11 is 0. The highest BCUT2D eigenvalue weighted by atomic mass is 19.1. The largest absolute Gasteiger partial charge is 0.454 e. The molecule has 6 rings (SSSR count). The Morgan fingerprint density at radius 2 is 1.12 bits per heavy atom. The zero-order chi connectivity index (χ0) is 33.5. The maximum absolute atomic E-state index is 15.7. The Bertz CT molecular complexity index is 1700. The molecule has 1 fully saturated rings. The van der Waals surface area contributed by atoms with E-state index >= 15 is 8.78 Å². The van der Waals surface area contributed by atoms with Gasteiger partial charge in [-0.15, -0.1) is 0 Å². The molecule has 0 atom stereocenters. The van der Waals surface area contributed by atoms with Gasteiger partial charge >= 0.3 is 0 Å². The zero-order valence-electron chi connectivity index (χ0n) is 27.6. The van der Waals surface area contributed by atoms with Gasteiger partial charge in [0.1, 0.15) is 11.5 Å². The molecule has 48 heavy (non-hydrogen) atoms.